The molecule has 0 saturated carbocycles. The van der Waals surface area contributed by atoms with E-state index >= 15 is 0 Å². The molecule has 0 bridgehead atoms. The van der Waals surface area contributed by atoms with E-state index in [1.807, 2.05) is 0 Å². The maximum absolute atomic E-state index is 13.0. The Labute approximate surface area is 130 Å². The Bertz CT molecular complexity index is 756. The van der Waals surface area contributed by atoms with Gasteiger partial charge in [0.15, 0.2) is 5.78 Å². The van der Waals surface area contributed by atoms with Crippen molar-refractivity contribution in [3.05, 3.63) is 64.5 Å². The number of alkyl halides is 3. The van der Waals surface area contributed by atoms with Gasteiger partial charge in [-0.05, 0) is 29.7 Å². The van der Waals surface area contributed by atoms with E-state index in [4.69, 9.17) is 5.11 Å². The third-order valence-corrected chi connectivity index (χ3v) is 4.09. The molecule has 3 rings (SSSR count). The molecule has 3 nitrogen and oxygen atoms in total. The zero-order valence-corrected chi connectivity index (χ0v) is 12.1. The number of aromatic nitrogens is 1. The third-order valence-electron chi connectivity index (χ3n) is 4.09. The maximum Gasteiger partial charge on any atom is 0.418 e. The number of carbonyl (C=O) groups excluding carboxylic acids is 1. The molecule has 0 saturated heterocycles. The van der Waals surface area contributed by atoms with Crippen LogP contribution in [0.1, 0.15) is 32.7 Å². The van der Waals surface area contributed by atoms with Gasteiger partial charge >= 0.3 is 6.18 Å². The number of halogens is 3. The van der Waals surface area contributed by atoms with Crippen LogP contribution in [0.3, 0.4) is 0 Å². The summed E-state index contributed by atoms with van der Waals surface area (Å²) in [6.45, 7) is -0.134. The number of pyridine rings is 1. The minimum atomic E-state index is -4.48. The minimum absolute atomic E-state index is 0.0440. The topological polar surface area (TPSA) is 50.2 Å². The highest BCUT2D eigenvalue weighted by molar-refractivity contribution is 6.02. The average Bonchev–Trinajstić information content (AvgIpc) is 2.82. The predicted molar refractivity (Wildman–Crippen MR) is 76.8 cm³/mol. The Balaban J connectivity index is 1.88. The number of hydrogen-bond donors (Lipinski definition) is 1. The molecule has 1 atom stereocenters. The quantitative estimate of drug-likeness (QED) is 0.944. The summed E-state index contributed by atoms with van der Waals surface area (Å²) < 4.78 is 39.1. The van der Waals surface area contributed by atoms with Gasteiger partial charge in [-0.15, -0.1) is 0 Å². The van der Waals surface area contributed by atoms with Crippen molar-refractivity contribution in [2.24, 2.45) is 5.92 Å². The molecule has 6 heteroatoms. The monoisotopic (exact) mass is 321 g/mol. The highest BCUT2D eigenvalue weighted by Gasteiger charge is 2.37. The number of hydrogen-bond acceptors (Lipinski definition) is 3. The number of Topliss-reactive ketones (excluding diaryl/α,β-unsaturated/α-hetero) is 1. The highest BCUT2D eigenvalue weighted by atomic mass is 19.4. The Morgan fingerprint density at radius 1 is 1.26 bits per heavy atom. The molecular weight excluding hydrogens is 307 g/mol. The van der Waals surface area contributed by atoms with Crippen LogP contribution in [0.2, 0.25) is 0 Å². The van der Waals surface area contributed by atoms with Crippen molar-refractivity contribution < 1.29 is 23.1 Å². The Hall–Kier alpha value is -2.21. The van der Waals surface area contributed by atoms with E-state index in [9.17, 15) is 18.0 Å². The van der Waals surface area contributed by atoms with Crippen LogP contribution in [0.15, 0.2) is 36.5 Å². The van der Waals surface area contributed by atoms with Gasteiger partial charge in [-0.1, -0.05) is 18.2 Å². The van der Waals surface area contributed by atoms with Gasteiger partial charge in [-0.3, -0.25) is 9.78 Å². The second-order valence-electron chi connectivity index (χ2n) is 5.61. The number of fused-ring (bicyclic) bond motifs is 1. The van der Waals surface area contributed by atoms with Crippen LogP contribution < -0.4 is 0 Å². The molecule has 1 heterocycles. The van der Waals surface area contributed by atoms with E-state index in [0.717, 1.165) is 11.6 Å². The lowest BCUT2D eigenvalue weighted by Gasteiger charge is -2.13. The molecule has 120 valence electrons. The molecule has 1 aliphatic carbocycles. The average molecular weight is 321 g/mol. The van der Waals surface area contributed by atoms with Crippen LogP contribution in [0.5, 0.6) is 0 Å². The van der Waals surface area contributed by atoms with Crippen molar-refractivity contribution in [1.29, 1.82) is 0 Å². The fourth-order valence-electron chi connectivity index (χ4n) is 2.99. The van der Waals surface area contributed by atoms with Crippen molar-refractivity contribution in [2.75, 3.05) is 0 Å². The van der Waals surface area contributed by atoms with Crippen molar-refractivity contribution in [2.45, 2.75) is 25.6 Å². The van der Waals surface area contributed by atoms with E-state index in [2.05, 4.69) is 4.98 Å². The molecule has 1 aromatic heterocycles. The number of aliphatic hydroxyl groups excluding tert-OH is 1. The number of aliphatic hydroxyl groups is 1. The first-order valence-electron chi connectivity index (χ1n) is 7.18. The minimum Gasteiger partial charge on any atom is -0.392 e. The van der Waals surface area contributed by atoms with Crippen LogP contribution in [-0.4, -0.2) is 15.9 Å². The summed E-state index contributed by atoms with van der Waals surface area (Å²) >= 11 is 0. The number of ketones is 1. The standard InChI is InChI=1S/C17H14F3NO2/c18-17(19,20)14-2-1-5-21-15(14)8-12-7-11-6-10(9-22)3-4-13(11)16(12)23/h1-6,12,22H,7-9H2. The van der Waals surface area contributed by atoms with Gasteiger partial charge in [-0.2, -0.15) is 13.2 Å². The molecule has 1 unspecified atom stereocenters. The lowest BCUT2D eigenvalue weighted by molar-refractivity contribution is -0.138. The van der Waals surface area contributed by atoms with Gasteiger partial charge in [0.05, 0.1) is 17.9 Å². The van der Waals surface area contributed by atoms with Crippen molar-refractivity contribution >= 4 is 5.78 Å². The van der Waals surface area contributed by atoms with Crippen LogP contribution in [0.25, 0.3) is 0 Å². The van der Waals surface area contributed by atoms with E-state index in [0.29, 0.717) is 17.5 Å². The van der Waals surface area contributed by atoms with Crippen molar-refractivity contribution in [3.63, 3.8) is 0 Å². The summed E-state index contributed by atoms with van der Waals surface area (Å²) in [4.78, 5) is 16.2. The Kier molecular flexibility index (Phi) is 3.93. The SMILES string of the molecule is O=C1c2ccc(CO)cc2CC1Cc1ncccc1C(F)(F)F. The first-order valence-corrected chi connectivity index (χ1v) is 7.18. The molecule has 1 aromatic carbocycles. The lowest BCUT2D eigenvalue weighted by atomic mass is 9.96. The van der Waals surface area contributed by atoms with Crippen LogP contribution >= 0.6 is 0 Å². The zero-order chi connectivity index (χ0) is 16.6. The second kappa shape index (κ2) is 5.77. The molecule has 2 aromatic rings. The maximum atomic E-state index is 13.0. The number of nitrogens with zero attached hydrogens (tertiary/aromatic N) is 1. The first kappa shape index (κ1) is 15.7. The molecule has 0 aliphatic heterocycles. The Morgan fingerprint density at radius 3 is 2.74 bits per heavy atom. The van der Waals surface area contributed by atoms with Gasteiger partial charge in [0.2, 0.25) is 0 Å². The fourth-order valence-corrected chi connectivity index (χ4v) is 2.99. The van der Waals surface area contributed by atoms with Crippen LogP contribution in [-0.2, 0) is 25.6 Å². The molecule has 0 amide bonds. The lowest BCUT2D eigenvalue weighted by Crippen LogP contribution is -2.17. The summed E-state index contributed by atoms with van der Waals surface area (Å²) in [5, 5.41) is 9.14. The number of benzene rings is 1. The predicted octanol–water partition coefficient (Wildman–Crippen LogP) is 3.19. The summed E-state index contributed by atoms with van der Waals surface area (Å²) in [5.41, 5.74) is 1.09. The smallest absolute Gasteiger partial charge is 0.392 e. The van der Waals surface area contributed by atoms with Crippen molar-refractivity contribution in [3.8, 4) is 0 Å². The molecular formula is C17H14F3NO2. The molecule has 0 radical (unpaired) electrons. The van der Waals surface area contributed by atoms with E-state index < -0.39 is 17.7 Å². The summed E-state index contributed by atoms with van der Waals surface area (Å²) in [6.07, 6.45) is -2.85. The van der Waals surface area contributed by atoms with Crippen LogP contribution in [0, 0.1) is 5.92 Å². The molecule has 0 fully saturated rings. The van der Waals surface area contributed by atoms with Gasteiger partial charge in [0.1, 0.15) is 0 Å². The zero-order valence-electron chi connectivity index (χ0n) is 12.1. The van der Waals surface area contributed by atoms with E-state index in [1.54, 1.807) is 18.2 Å². The molecule has 0 spiro atoms. The molecule has 1 aliphatic rings. The van der Waals surface area contributed by atoms with Gasteiger partial charge < -0.3 is 5.11 Å². The third kappa shape index (κ3) is 2.99. The van der Waals surface area contributed by atoms with E-state index in [1.165, 1.54) is 12.3 Å². The van der Waals surface area contributed by atoms with Crippen LogP contribution in [0.4, 0.5) is 13.2 Å². The summed E-state index contributed by atoms with van der Waals surface area (Å²) in [5.74, 6) is -0.710. The van der Waals surface area contributed by atoms with Crippen molar-refractivity contribution in [1.82, 2.24) is 4.98 Å². The molecule has 23 heavy (non-hydrogen) atoms. The number of rotatable bonds is 3. The highest BCUT2D eigenvalue weighted by Crippen LogP contribution is 2.35. The number of carbonyl (C=O) groups is 1. The normalized spacial score (nSPS) is 17.4. The van der Waals surface area contributed by atoms with E-state index in [-0.39, 0.29) is 24.5 Å². The molecule has 1 N–H and O–H groups in total. The first-order chi connectivity index (χ1) is 10.9. The summed E-state index contributed by atoms with van der Waals surface area (Å²) in [7, 11) is 0. The Morgan fingerprint density at radius 2 is 2.04 bits per heavy atom. The summed E-state index contributed by atoms with van der Waals surface area (Å²) in [6, 6.07) is 7.24. The second-order valence-corrected chi connectivity index (χ2v) is 5.61. The van der Waals surface area contributed by atoms with Gasteiger partial charge in [0, 0.05) is 24.1 Å². The van der Waals surface area contributed by atoms with Gasteiger partial charge in [0.25, 0.3) is 0 Å². The fraction of sp³-hybridized carbons (Fsp3) is 0.294. The van der Waals surface area contributed by atoms with Gasteiger partial charge in [-0.25, -0.2) is 0 Å². The largest absolute Gasteiger partial charge is 0.418 e.